The van der Waals surface area contributed by atoms with Crippen molar-refractivity contribution in [2.45, 2.75) is 64.1 Å². The Morgan fingerprint density at radius 2 is 2.35 bits per heavy atom. The number of hydrogen-bond donors (Lipinski definition) is 1. The molecule has 2 atom stereocenters. The zero-order valence-corrected chi connectivity index (χ0v) is 13.8. The lowest BCUT2D eigenvalue weighted by atomic mass is 10.1. The fourth-order valence-corrected chi connectivity index (χ4v) is 3.22. The number of carbonyl (C=O) groups is 1. The van der Waals surface area contributed by atoms with E-state index in [0.29, 0.717) is 19.6 Å². The molecule has 0 saturated carbocycles. The van der Waals surface area contributed by atoms with Crippen LogP contribution in [-0.4, -0.2) is 52.6 Å². The maximum Gasteiger partial charge on any atom is 0.222 e. The van der Waals surface area contributed by atoms with Crippen LogP contribution in [0.4, 0.5) is 0 Å². The summed E-state index contributed by atoms with van der Waals surface area (Å²) in [6.07, 6.45) is 5.45. The molecule has 1 saturated heterocycles. The summed E-state index contributed by atoms with van der Waals surface area (Å²) in [6, 6.07) is 0.162. The van der Waals surface area contributed by atoms with E-state index in [1.807, 2.05) is 0 Å². The molecule has 1 fully saturated rings. The summed E-state index contributed by atoms with van der Waals surface area (Å²) < 4.78 is 13.2. The maximum absolute atomic E-state index is 12.0. The van der Waals surface area contributed by atoms with Crippen LogP contribution in [0.5, 0.6) is 0 Å². The SMILES string of the molecule is CCc1nnc2n1C[C@H](NC(=O)CCOC[C@@H]1CCCO1)CC2. The van der Waals surface area contributed by atoms with Gasteiger partial charge >= 0.3 is 0 Å². The van der Waals surface area contributed by atoms with Crippen molar-refractivity contribution in [3.8, 4) is 0 Å². The second-order valence-electron chi connectivity index (χ2n) is 6.26. The van der Waals surface area contributed by atoms with E-state index in [0.717, 1.165) is 56.9 Å². The number of rotatable bonds is 7. The molecule has 1 N–H and O–H groups in total. The fourth-order valence-electron chi connectivity index (χ4n) is 3.22. The van der Waals surface area contributed by atoms with Gasteiger partial charge in [0.25, 0.3) is 0 Å². The first-order valence-corrected chi connectivity index (χ1v) is 8.66. The van der Waals surface area contributed by atoms with E-state index in [1.54, 1.807) is 0 Å². The number of aryl methyl sites for hydroxylation is 2. The molecule has 1 aromatic rings. The smallest absolute Gasteiger partial charge is 0.222 e. The zero-order valence-electron chi connectivity index (χ0n) is 13.8. The first-order chi connectivity index (χ1) is 11.3. The normalized spacial score (nSPS) is 23.7. The first-order valence-electron chi connectivity index (χ1n) is 8.66. The first kappa shape index (κ1) is 16.4. The van der Waals surface area contributed by atoms with Crippen molar-refractivity contribution in [1.82, 2.24) is 20.1 Å². The van der Waals surface area contributed by atoms with Gasteiger partial charge in [-0.25, -0.2) is 0 Å². The number of aromatic nitrogens is 3. The van der Waals surface area contributed by atoms with Crippen molar-refractivity contribution in [3.05, 3.63) is 11.6 Å². The zero-order chi connectivity index (χ0) is 16.1. The molecule has 7 nitrogen and oxygen atoms in total. The van der Waals surface area contributed by atoms with Crippen LogP contribution in [0, 0.1) is 0 Å². The van der Waals surface area contributed by atoms with Crippen LogP contribution in [0.25, 0.3) is 0 Å². The minimum absolute atomic E-state index is 0.0527. The van der Waals surface area contributed by atoms with E-state index >= 15 is 0 Å². The van der Waals surface area contributed by atoms with Crippen LogP contribution in [0.2, 0.25) is 0 Å². The highest BCUT2D eigenvalue weighted by Crippen LogP contribution is 2.15. The van der Waals surface area contributed by atoms with Gasteiger partial charge in [0.05, 0.1) is 19.3 Å². The van der Waals surface area contributed by atoms with Crippen molar-refractivity contribution < 1.29 is 14.3 Å². The minimum Gasteiger partial charge on any atom is -0.378 e. The number of ether oxygens (including phenoxy) is 2. The molecular weight excluding hydrogens is 296 g/mol. The van der Waals surface area contributed by atoms with Gasteiger partial charge in [0.2, 0.25) is 5.91 Å². The lowest BCUT2D eigenvalue weighted by Gasteiger charge is -2.25. The van der Waals surface area contributed by atoms with Crippen molar-refractivity contribution >= 4 is 5.91 Å². The second-order valence-corrected chi connectivity index (χ2v) is 6.26. The Bertz CT molecular complexity index is 512. The van der Waals surface area contributed by atoms with Gasteiger partial charge in [-0.15, -0.1) is 10.2 Å². The molecule has 0 aliphatic carbocycles. The summed E-state index contributed by atoms with van der Waals surface area (Å²) in [5.74, 6) is 2.09. The van der Waals surface area contributed by atoms with E-state index in [1.165, 1.54) is 0 Å². The average Bonchev–Trinajstić information content (AvgIpc) is 3.20. The summed E-state index contributed by atoms with van der Waals surface area (Å²) in [5, 5.41) is 11.5. The van der Waals surface area contributed by atoms with Gasteiger partial charge in [0.15, 0.2) is 0 Å². The lowest BCUT2D eigenvalue weighted by Crippen LogP contribution is -2.41. The topological polar surface area (TPSA) is 78.3 Å². The average molecular weight is 322 g/mol. The number of carbonyl (C=O) groups excluding carboxylic acids is 1. The van der Waals surface area contributed by atoms with Crippen molar-refractivity contribution in [3.63, 3.8) is 0 Å². The van der Waals surface area contributed by atoms with Gasteiger partial charge in [-0.2, -0.15) is 0 Å². The molecule has 0 bridgehead atoms. The predicted molar refractivity (Wildman–Crippen MR) is 84.1 cm³/mol. The van der Waals surface area contributed by atoms with Crippen LogP contribution < -0.4 is 5.32 Å². The van der Waals surface area contributed by atoms with E-state index in [4.69, 9.17) is 9.47 Å². The van der Waals surface area contributed by atoms with Crippen LogP contribution >= 0.6 is 0 Å². The molecule has 23 heavy (non-hydrogen) atoms. The summed E-state index contributed by atoms with van der Waals surface area (Å²) in [4.78, 5) is 12.0. The largest absolute Gasteiger partial charge is 0.378 e. The van der Waals surface area contributed by atoms with Crippen LogP contribution in [0.1, 0.15) is 44.3 Å². The quantitative estimate of drug-likeness (QED) is 0.753. The summed E-state index contributed by atoms with van der Waals surface area (Å²) in [6.45, 7) is 4.73. The van der Waals surface area contributed by atoms with Crippen LogP contribution in [-0.2, 0) is 33.7 Å². The van der Waals surface area contributed by atoms with Gasteiger partial charge < -0.3 is 19.4 Å². The van der Waals surface area contributed by atoms with Gasteiger partial charge in [-0.05, 0) is 19.3 Å². The van der Waals surface area contributed by atoms with Crippen molar-refractivity contribution in [1.29, 1.82) is 0 Å². The third-order valence-corrected chi connectivity index (χ3v) is 4.51. The lowest BCUT2D eigenvalue weighted by molar-refractivity contribution is -0.123. The van der Waals surface area contributed by atoms with E-state index < -0.39 is 0 Å². The number of nitrogens with zero attached hydrogens (tertiary/aromatic N) is 3. The Labute approximate surface area is 136 Å². The van der Waals surface area contributed by atoms with Gasteiger partial charge in [-0.3, -0.25) is 4.79 Å². The summed E-state index contributed by atoms with van der Waals surface area (Å²) >= 11 is 0. The molecular formula is C16H26N4O3. The van der Waals surface area contributed by atoms with Crippen molar-refractivity contribution in [2.75, 3.05) is 19.8 Å². The second kappa shape index (κ2) is 7.88. The van der Waals surface area contributed by atoms with Gasteiger partial charge in [0, 0.05) is 38.5 Å². The molecule has 7 heteroatoms. The summed E-state index contributed by atoms with van der Waals surface area (Å²) in [7, 11) is 0. The number of fused-ring (bicyclic) bond motifs is 1. The highest BCUT2D eigenvalue weighted by molar-refractivity contribution is 5.76. The highest BCUT2D eigenvalue weighted by atomic mass is 16.5. The van der Waals surface area contributed by atoms with Crippen molar-refractivity contribution in [2.24, 2.45) is 0 Å². The molecule has 0 radical (unpaired) electrons. The predicted octanol–water partition coefficient (Wildman–Crippen LogP) is 0.857. The van der Waals surface area contributed by atoms with E-state index in [9.17, 15) is 4.79 Å². The third kappa shape index (κ3) is 4.29. The Balaban J connectivity index is 1.37. The fraction of sp³-hybridized carbons (Fsp3) is 0.812. The van der Waals surface area contributed by atoms with E-state index in [2.05, 4.69) is 27.0 Å². The number of nitrogens with one attached hydrogen (secondary N) is 1. The monoisotopic (exact) mass is 322 g/mol. The van der Waals surface area contributed by atoms with Crippen LogP contribution in [0.3, 0.4) is 0 Å². The van der Waals surface area contributed by atoms with E-state index in [-0.39, 0.29) is 18.1 Å². The highest BCUT2D eigenvalue weighted by Gasteiger charge is 2.23. The molecule has 1 amide bonds. The third-order valence-electron chi connectivity index (χ3n) is 4.51. The Morgan fingerprint density at radius 3 is 3.13 bits per heavy atom. The molecule has 0 spiro atoms. The standard InChI is InChI=1S/C16H26N4O3/c1-2-14-18-19-15-6-5-12(10-20(14)15)17-16(21)7-9-22-11-13-4-3-8-23-13/h12-13H,2-11H2,1H3,(H,17,21)/t12-,13+/m1/s1. The Morgan fingerprint density at radius 1 is 1.43 bits per heavy atom. The molecule has 2 aliphatic heterocycles. The Kier molecular flexibility index (Phi) is 5.61. The Hall–Kier alpha value is -1.47. The molecule has 0 unspecified atom stereocenters. The molecule has 128 valence electrons. The number of hydrogen-bond acceptors (Lipinski definition) is 5. The molecule has 3 rings (SSSR count). The van der Waals surface area contributed by atoms with Gasteiger partial charge in [0.1, 0.15) is 11.6 Å². The molecule has 1 aromatic heterocycles. The maximum atomic E-state index is 12.0. The molecule has 2 aliphatic rings. The molecule has 0 aromatic carbocycles. The summed E-state index contributed by atoms with van der Waals surface area (Å²) in [5.41, 5.74) is 0. The minimum atomic E-state index is 0.0527. The molecule has 3 heterocycles. The number of amides is 1. The van der Waals surface area contributed by atoms with Gasteiger partial charge in [-0.1, -0.05) is 6.92 Å². The van der Waals surface area contributed by atoms with Crippen LogP contribution in [0.15, 0.2) is 0 Å².